The van der Waals surface area contributed by atoms with Gasteiger partial charge in [0, 0.05) is 61.1 Å². The van der Waals surface area contributed by atoms with Gasteiger partial charge in [0.15, 0.2) is 0 Å². The normalized spacial score (nSPS) is 11.2. The van der Waals surface area contributed by atoms with Crippen molar-refractivity contribution in [2.24, 2.45) is 0 Å². The number of aromatic hydroxyl groups is 1. The number of thiophene rings is 1. The van der Waals surface area contributed by atoms with Gasteiger partial charge < -0.3 is 10.4 Å². The van der Waals surface area contributed by atoms with Gasteiger partial charge in [-0.15, -0.1) is 11.3 Å². The fourth-order valence-corrected chi connectivity index (χ4v) is 4.45. The molecule has 4 rings (SSSR count). The van der Waals surface area contributed by atoms with E-state index in [9.17, 15) is 5.11 Å². The molecule has 2 N–H and O–H groups in total. The molecule has 0 bridgehead atoms. The molecular formula is C26H28N4OS. The Balaban J connectivity index is 1.51. The second-order valence-electron chi connectivity index (χ2n) is 7.90. The minimum atomic E-state index is 0.362. The van der Waals surface area contributed by atoms with E-state index in [1.54, 1.807) is 11.3 Å². The van der Waals surface area contributed by atoms with Gasteiger partial charge in [-0.2, -0.15) is 0 Å². The van der Waals surface area contributed by atoms with E-state index in [-0.39, 0.29) is 0 Å². The van der Waals surface area contributed by atoms with E-state index in [0.29, 0.717) is 31.9 Å². The molecule has 6 heteroatoms. The van der Waals surface area contributed by atoms with Gasteiger partial charge in [0.05, 0.1) is 11.4 Å². The van der Waals surface area contributed by atoms with Crippen LogP contribution in [-0.4, -0.2) is 20.0 Å². The third kappa shape index (κ3) is 6.23. The lowest BCUT2D eigenvalue weighted by molar-refractivity contribution is 0.238. The molecule has 32 heavy (non-hydrogen) atoms. The standard InChI is InChI=1S/C26H28N4OS/c1-20-13-21(15-27-16-25-9-6-12-32-25)26(31)22(14-20)17-30(18-23-7-2-4-10-28-23)19-24-8-3-5-11-29-24/h2-14,27,31H,15-19H2,1H3. The van der Waals surface area contributed by atoms with Crippen molar-refractivity contribution in [2.45, 2.75) is 39.6 Å². The molecule has 0 radical (unpaired) electrons. The van der Waals surface area contributed by atoms with Crippen molar-refractivity contribution in [1.29, 1.82) is 0 Å². The largest absolute Gasteiger partial charge is 0.507 e. The van der Waals surface area contributed by atoms with Gasteiger partial charge in [-0.3, -0.25) is 14.9 Å². The van der Waals surface area contributed by atoms with Crippen LogP contribution in [0, 0.1) is 6.92 Å². The summed E-state index contributed by atoms with van der Waals surface area (Å²) in [6.45, 7) is 5.46. The van der Waals surface area contributed by atoms with Crippen molar-refractivity contribution in [3.05, 3.63) is 111 Å². The zero-order chi connectivity index (χ0) is 22.2. The van der Waals surface area contributed by atoms with Crippen molar-refractivity contribution in [3.8, 4) is 5.75 Å². The number of hydrogen-bond acceptors (Lipinski definition) is 6. The average molecular weight is 445 g/mol. The van der Waals surface area contributed by atoms with Crippen molar-refractivity contribution in [2.75, 3.05) is 0 Å². The molecule has 4 aromatic rings. The molecule has 0 aliphatic rings. The van der Waals surface area contributed by atoms with E-state index in [2.05, 4.69) is 56.8 Å². The third-order valence-corrected chi connectivity index (χ3v) is 6.10. The van der Waals surface area contributed by atoms with Crippen LogP contribution in [-0.2, 0) is 32.7 Å². The Morgan fingerprint density at radius 3 is 2.12 bits per heavy atom. The predicted molar refractivity (Wildman–Crippen MR) is 129 cm³/mol. The quantitative estimate of drug-likeness (QED) is 0.359. The fourth-order valence-electron chi connectivity index (χ4n) is 3.77. The Morgan fingerprint density at radius 1 is 0.844 bits per heavy atom. The number of hydrogen-bond donors (Lipinski definition) is 2. The van der Waals surface area contributed by atoms with Crippen LogP contribution in [0.2, 0.25) is 0 Å². The zero-order valence-corrected chi connectivity index (χ0v) is 19.1. The minimum Gasteiger partial charge on any atom is -0.507 e. The molecule has 0 aliphatic carbocycles. The predicted octanol–water partition coefficient (Wildman–Crippen LogP) is 5.04. The number of phenolic OH excluding ortho intramolecular Hbond substituents is 1. The summed E-state index contributed by atoms with van der Waals surface area (Å²) >= 11 is 1.74. The average Bonchev–Trinajstić information content (AvgIpc) is 3.32. The highest BCUT2D eigenvalue weighted by atomic mass is 32.1. The number of phenols is 1. The summed E-state index contributed by atoms with van der Waals surface area (Å²) in [6, 6.07) is 20.2. The molecule has 0 spiro atoms. The molecule has 0 aliphatic heterocycles. The maximum absolute atomic E-state index is 11.1. The highest BCUT2D eigenvalue weighted by molar-refractivity contribution is 7.09. The first kappa shape index (κ1) is 22.1. The van der Waals surface area contributed by atoms with E-state index in [0.717, 1.165) is 34.6 Å². The van der Waals surface area contributed by atoms with E-state index < -0.39 is 0 Å². The summed E-state index contributed by atoms with van der Waals surface area (Å²) in [7, 11) is 0. The van der Waals surface area contributed by atoms with E-state index in [4.69, 9.17) is 0 Å². The van der Waals surface area contributed by atoms with Gasteiger partial charge >= 0.3 is 0 Å². The zero-order valence-electron chi connectivity index (χ0n) is 18.2. The molecule has 0 amide bonds. The minimum absolute atomic E-state index is 0.362. The van der Waals surface area contributed by atoms with Crippen molar-refractivity contribution < 1.29 is 5.11 Å². The van der Waals surface area contributed by atoms with Gasteiger partial charge in [-0.25, -0.2) is 0 Å². The Kier molecular flexibility index (Phi) is 7.61. The van der Waals surface area contributed by atoms with Gasteiger partial charge in [-0.1, -0.05) is 35.9 Å². The Labute approximate surface area is 193 Å². The molecule has 3 heterocycles. The number of aryl methyl sites for hydroxylation is 1. The molecule has 164 valence electrons. The van der Waals surface area contributed by atoms with Crippen LogP contribution < -0.4 is 5.32 Å². The number of nitrogens with one attached hydrogen (secondary N) is 1. The highest BCUT2D eigenvalue weighted by Crippen LogP contribution is 2.27. The molecule has 0 unspecified atom stereocenters. The molecule has 0 saturated carbocycles. The fraction of sp³-hybridized carbons (Fsp3) is 0.231. The van der Waals surface area contributed by atoms with Crippen LogP contribution >= 0.6 is 11.3 Å². The molecule has 0 fully saturated rings. The van der Waals surface area contributed by atoms with Crippen molar-refractivity contribution in [3.63, 3.8) is 0 Å². The number of benzene rings is 1. The maximum Gasteiger partial charge on any atom is 0.124 e. The first-order valence-electron chi connectivity index (χ1n) is 10.7. The summed E-state index contributed by atoms with van der Waals surface area (Å²) in [4.78, 5) is 12.5. The van der Waals surface area contributed by atoms with E-state index in [1.165, 1.54) is 4.88 Å². The third-order valence-electron chi connectivity index (χ3n) is 5.22. The van der Waals surface area contributed by atoms with Crippen LogP contribution in [0.15, 0.2) is 78.4 Å². The van der Waals surface area contributed by atoms with Gasteiger partial charge in [0.2, 0.25) is 0 Å². The lowest BCUT2D eigenvalue weighted by Crippen LogP contribution is -2.24. The van der Waals surface area contributed by atoms with Crippen molar-refractivity contribution >= 4 is 11.3 Å². The van der Waals surface area contributed by atoms with Gasteiger partial charge in [0.1, 0.15) is 5.75 Å². The van der Waals surface area contributed by atoms with Crippen molar-refractivity contribution in [1.82, 2.24) is 20.2 Å². The number of rotatable bonds is 10. The smallest absolute Gasteiger partial charge is 0.124 e. The summed E-state index contributed by atoms with van der Waals surface area (Å²) in [5, 5.41) is 16.6. The van der Waals surface area contributed by atoms with Crippen LogP contribution in [0.3, 0.4) is 0 Å². The summed E-state index contributed by atoms with van der Waals surface area (Å²) in [5.41, 5.74) is 4.97. The second-order valence-corrected chi connectivity index (χ2v) is 8.93. The summed E-state index contributed by atoms with van der Waals surface area (Å²) in [5.74, 6) is 0.362. The summed E-state index contributed by atoms with van der Waals surface area (Å²) in [6.07, 6.45) is 3.63. The second kappa shape index (κ2) is 11.0. The number of nitrogens with zero attached hydrogens (tertiary/aromatic N) is 3. The highest BCUT2D eigenvalue weighted by Gasteiger charge is 2.15. The lowest BCUT2D eigenvalue weighted by Gasteiger charge is -2.23. The molecular weight excluding hydrogens is 416 g/mol. The van der Waals surface area contributed by atoms with Crippen LogP contribution in [0.4, 0.5) is 0 Å². The number of pyridine rings is 2. The van der Waals surface area contributed by atoms with Crippen LogP contribution in [0.1, 0.15) is 33.0 Å². The topological polar surface area (TPSA) is 61.3 Å². The van der Waals surface area contributed by atoms with Crippen LogP contribution in [0.25, 0.3) is 0 Å². The Hall–Kier alpha value is -3.06. The Bertz CT molecular complexity index is 1060. The summed E-state index contributed by atoms with van der Waals surface area (Å²) < 4.78 is 0. The maximum atomic E-state index is 11.1. The van der Waals surface area contributed by atoms with Gasteiger partial charge in [-0.05, 0) is 42.6 Å². The lowest BCUT2D eigenvalue weighted by atomic mass is 10.0. The first-order chi connectivity index (χ1) is 15.7. The first-order valence-corrected chi connectivity index (χ1v) is 11.6. The molecule has 1 aromatic carbocycles. The van der Waals surface area contributed by atoms with Gasteiger partial charge in [0.25, 0.3) is 0 Å². The molecule has 3 aromatic heterocycles. The van der Waals surface area contributed by atoms with Crippen LogP contribution in [0.5, 0.6) is 5.75 Å². The molecule has 5 nitrogen and oxygen atoms in total. The molecule has 0 saturated heterocycles. The van der Waals surface area contributed by atoms with E-state index >= 15 is 0 Å². The Morgan fingerprint density at radius 2 is 1.53 bits per heavy atom. The van der Waals surface area contributed by atoms with E-state index in [1.807, 2.05) is 48.8 Å². The SMILES string of the molecule is Cc1cc(CNCc2cccs2)c(O)c(CN(Cc2ccccn2)Cc2ccccn2)c1. The number of aromatic nitrogens is 2. The molecule has 0 atom stereocenters. The monoisotopic (exact) mass is 444 g/mol.